The lowest BCUT2D eigenvalue weighted by molar-refractivity contribution is -0.142. The van der Waals surface area contributed by atoms with Gasteiger partial charge in [0.2, 0.25) is 0 Å². The van der Waals surface area contributed by atoms with Gasteiger partial charge in [0.15, 0.2) is 0 Å². The van der Waals surface area contributed by atoms with Crippen LogP contribution in [0.3, 0.4) is 0 Å². The third kappa shape index (κ3) is 2.72. The van der Waals surface area contributed by atoms with Crippen molar-refractivity contribution in [3.05, 3.63) is 54.4 Å². The Kier molecular flexibility index (Phi) is 3.55. The van der Waals surface area contributed by atoms with Crippen molar-refractivity contribution in [2.75, 3.05) is 7.11 Å². The van der Waals surface area contributed by atoms with E-state index in [1.54, 1.807) is 10.9 Å². The first-order valence-corrected chi connectivity index (χ1v) is 5.41. The van der Waals surface area contributed by atoms with E-state index in [0.29, 0.717) is 6.54 Å². The minimum atomic E-state index is -0.318. The Morgan fingerprint density at radius 1 is 1.35 bits per heavy atom. The number of methoxy groups -OCH3 is 1. The van der Waals surface area contributed by atoms with Crippen LogP contribution in [0, 0.1) is 0 Å². The van der Waals surface area contributed by atoms with Crippen LogP contribution in [0.4, 0.5) is 0 Å². The number of benzene rings is 1. The molecule has 0 aliphatic heterocycles. The van der Waals surface area contributed by atoms with Gasteiger partial charge in [-0.2, -0.15) is 5.10 Å². The van der Waals surface area contributed by atoms with Gasteiger partial charge in [-0.3, -0.25) is 9.48 Å². The van der Waals surface area contributed by atoms with Crippen molar-refractivity contribution < 1.29 is 9.53 Å². The Labute approximate surface area is 99.8 Å². The molecule has 0 bridgehead atoms. The molecule has 0 amide bonds. The highest BCUT2D eigenvalue weighted by atomic mass is 16.5. The number of esters is 1. The van der Waals surface area contributed by atoms with E-state index in [4.69, 9.17) is 4.74 Å². The summed E-state index contributed by atoms with van der Waals surface area (Å²) in [5, 5.41) is 4.11. The van der Waals surface area contributed by atoms with E-state index in [2.05, 4.69) is 5.10 Å². The number of nitrogens with zero attached hydrogens (tertiary/aromatic N) is 2. The molecule has 4 nitrogen and oxygen atoms in total. The molecule has 1 atom stereocenters. The second kappa shape index (κ2) is 5.30. The molecule has 0 fully saturated rings. The summed E-state index contributed by atoms with van der Waals surface area (Å²) in [7, 11) is 1.40. The first-order valence-electron chi connectivity index (χ1n) is 5.41. The molecule has 0 saturated heterocycles. The highest BCUT2D eigenvalue weighted by Gasteiger charge is 2.21. The second-order valence-corrected chi connectivity index (χ2v) is 3.71. The highest BCUT2D eigenvalue weighted by molar-refractivity contribution is 5.77. The van der Waals surface area contributed by atoms with Crippen LogP contribution >= 0.6 is 0 Å². The van der Waals surface area contributed by atoms with E-state index in [1.807, 2.05) is 42.6 Å². The molecule has 88 valence electrons. The molecule has 0 N–H and O–H groups in total. The number of aromatic nitrogens is 2. The molecule has 4 heteroatoms. The van der Waals surface area contributed by atoms with E-state index in [0.717, 1.165) is 5.56 Å². The number of hydrogen-bond acceptors (Lipinski definition) is 3. The van der Waals surface area contributed by atoms with Crippen LogP contribution in [0.1, 0.15) is 11.5 Å². The second-order valence-electron chi connectivity index (χ2n) is 3.71. The Hall–Kier alpha value is -2.10. The van der Waals surface area contributed by atoms with Crippen molar-refractivity contribution in [3.63, 3.8) is 0 Å². The molecule has 17 heavy (non-hydrogen) atoms. The molecule has 1 aromatic carbocycles. The number of ether oxygens (including phenoxy) is 1. The van der Waals surface area contributed by atoms with Crippen LogP contribution in [-0.2, 0) is 16.1 Å². The first kappa shape index (κ1) is 11.4. The molecular formula is C13H14N2O2. The Morgan fingerprint density at radius 3 is 2.71 bits per heavy atom. The minimum Gasteiger partial charge on any atom is -0.468 e. The molecule has 0 saturated carbocycles. The zero-order chi connectivity index (χ0) is 12.1. The average molecular weight is 230 g/mol. The maximum atomic E-state index is 11.8. The molecule has 2 aromatic rings. The van der Waals surface area contributed by atoms with E-state index < -0.39 is 0 Å². The van der Waals surface area contributed by atoms with Crippen LogP contribution in [-0.4, -0.2) is 22.9 Å². The standard InChI is InChI=1S/C13H14N2O2/c1-17-13(16)12(10-15-9-5-8-14-15)11-6-3-2-4-7-11/h2-9,12H,10H2,1H3. The lowest BCUT2D eigenvalue weighted by Gasteiger charge is -2.14. The van der Waals surface area contributed by atoms with Crippen LogP contribution in [0.2, 0.25) is 0 Å². The fourth-order valence-corrected chi connectivity index (χ4v) is 1.74. The predicted octanol–water partition coefficient (Wildman–Crippen LogP) is 1.84. The lowest BCUT2D eigenvalue weighted by Crippen LogP contribution is -2.20. The predicted molar refractivity (Wildman–Crippen MR) is 63.4 cm³/mol. The van der Waals surface area contributed by atoms with Gasteiger partial charge < -0.3 is 4.74 Å². The van der Waals surface area contributed by atoms with Gasteiger partial charge in [-0.05, 0) is 11.6 Å². The molecule has 0 radical (unpaired) electrons. The summed E-state index contributed by atoms with van der Waals surface area (Å²) in [6.45, 7) is 0.490. The van der Waals surface area contributed by atoms with E-state index >= 15 is 0 Å². The molecular weight excluding hydrogens is 216 g/mol. The topological polar surface area (TPSA) is 44.1 Å². The van der Waals surface area contributed by atoms with Crippen molar-refractivity contribution in [1.82, 2.24) is 9.78 Å². The average Bonchev–Trinajstić information content (AvgIpc) is 2.89. The SMILES string of the molecule is COC(=O)C(Cn1cccn1)c1ccccc1. The van der Waals surface area contributed by atoms with Gasteiger partial charge in [-0.15, -0.1) is 0 Å². The van der Waals surface area contributed by atoms with Crippen LogP contribution < -0.4 is 0 Å². The summed E-state index contributed by atoms with van der Waals surface area (Å²) in [5.41, 5.74) is 0.940. The van der Waals surface area contributed by atoms with Crippen molar-refractivity contribution >= 4 is 5.97 Å². The van der Waals surface area contributed by atoms with Crippen molar-refractivity contribution in [2.45, 2.75) is 12.5 Å². The number of carbonyl (C=O) groups excluding carboxylic acids is 1. The van der Waals surface area contributed by atoms with Crippen LogP contribution in [0.5, 0.6) is 0 Å². The van der Waals surface area contributed by atoms with Gasteiger partial charge in [0.25, 0.3) is 0 Å². The zero-order valence-electron chi connectivity index (χ0n) is 9.61. The maximum Gasteiger partial charge on any atom is 0.315 e. The van der Waals surface area contributed by atoms with Crippen molar-refractivity contribution in [1.29, 1.82) is 0 Å². The van der Waals surface area contributed by atoms with Gasteiger partial charge in [-0.25, -0.2) is 0 Å². The molecule has 1 heterocycles. The number of carbonyl (C=O) groups is 1. The number of rotatable bonds is 4. The van der Waals surface area contributed by atoms with Gasteiger partial charge in [0.1, 0.15) is 5.92 Å². The summed E-state index contributed by atoms with van der Waals surface area (Å²) in [4.78, 5) is 11.8. The minimum absolute atomic E-state index is 0.244. The summed E-state index contributed by atoms with van der Waals surface area (Å²) < 4.78 is 6.57. The van der Waals surface area contributed by atoms with Crippen LogP contribution in [0.15, 0.2) is 48.8 Å². The summed E-state index contributed by atoms with van der Waals surface area (Å²) in [6, 6.07) is 11.4. The first-order chi connectivity index (χ1) is 8.31. The quantitative estimate of drug-likeness (QED) is 0.753. The molecule has 1 aromatic heterocycles. The fraction of sp³-hybridized carbons (Fsp3) is 0.231. The lowest BCUT2D eigenvalue weighted by atomic mass is 9.99. The maximum absolute atomic E-state index is 11.8. The van der Waals surface area contributed by atoms with Crippen molar-refractivity contribution in [3.8, 4) is 0 Å². The van der Waals surface area contributed by atoms with Gasteiger partial charge in [0, 0.05) is 12.4 Å². The van der Waals surface area contributed by atoms with Gasteiger partial charge in [0.05, 0.1) is 13.7 Å². The van der Waals surface area contributed by atoms with E-state index in [1.165, 1.54) is 7.11 Å². The molecule has 0 spiro atoms. The van der Waals surface area contributed by atoms with Gasteiger partial charge >= 0.3 is 5.97 Å². The molecule has 1 unspecified atom stereocenters. The van der Waals surface area contributed by atoms with Crippen LogP contribution in [0.25, 0.3) is 0 Å². The third-order valence-electron chi connectivity index (χ3n) is 2.62. The zero-order valence-corrected chi connectivity index (χ0v) is 9.61. The fourth-order valence-electron chi connectivity index (χ4n) is 1.74. The van der Waals surface area contributed by atoms with E-state index in [-0.39, 0.29) is 11.9 Å². The number of hydrogen-bond donors (Lipinski definition) is 0. The van der Waals surface area contributed by atoms with Crippen molar-refractivity contribution in [2.24, 2.45) is 0 Å². The largest absolute Gasteiger partial charge is 0.468 e. The molecule has 0 aliphatic rings. The normalized spacial score (nSPS) is 12.1. The van der Waals surface area contributed by atoms with Gasteiger partial charge in [-0.1, -0.05) is 30.3 Å². The Balaban J connectivity index is 2.23. The van der Waals surface area contributed by atoms with E-state index in [9.17, 15) is 4.79 Å². The Morgan fingerprint density at radius 2 is 2.12 bits per heavy atom. The summed E-state index contributed by atoms with van der Waals surface area (Å²) >= 11 is 0. The third-order valence-corrected chi connectivity index (χ3v) is 2.62. The smallest absolute Gasteiger partial charge is 0.315 e. The monoisotopic (exact) mass is 230 g/mol. The summed E-state index contributed by atoms with van der Waals surface area (Å²) in [6.07, 6.45) is 3.53. The Bertz CT molecular complexity index is 465. The summed E-state index contributed by atoms with van der Waals surface area (Å²) in [5.74, 6) is -0.562. The molecule has 2 rings (SSSR count). The molecule has 0 aliphatic carbocycles. The highest BCUT2D eigenvalue weighted by Crippen LogP contribution is 2.18.